The van der Waals surface area contributed by atoms with E-state index in [-0.39, 0.29) is 57.5 Å². The van der Waals surface area contributed by atoms with Gasteiger partial charge in [-0.1, -0.05) is 0 Å². The summed E-state index contributed by atoms with van der Waals surface area (Å²) in [5.41, 5.74) is 26.5. The molecule has 0 fully saturated rings. The number of nitrogens with zero attached hydrogens (tertiary/aromatic N) is 1. The zero-order chi connectivity index (χ0) is 29.3. The first-order valence-electron chi connectivity index (χ1n) is 11.8. The third kappa shape index (κ3) is 15.5. The Balaban J connectivity index is 5.49. The highest BCUT2D eigenvalue weighted by Crippen LogP contribution is 2.07. The molecule has 0 saturated heterocycles. The van der Waals surface area contributed by atoms with Crippen LogP contribution >= 0.6 is 11.8 Å². The Morgan fingerprint density at radius 1 is 0.763 bits per heavy atom. The topological polar surface area (TPSA) is 301 Å². The number of carboxylic acids is 1. The van der Waals surface area contributed by atoms with E-state index in [1.165, 1.54) is 11.8 Å². The molecule has 0 aromatic heterocycles. The molecule has 0 aliphatic heterocycles. The smallest absolute Gasteiger partial charge is 0.326 e. The lowest BCUT2D eigenvalue weighted by molar-refractivity contribution is -0.142. The van der Waals surface area contributed by atoms with Crippen LogP contribution in [0.4, 0.5) is 0 Å². The molecule has 0 heterocycles. The maximum atomic E-state index is 13.0. The fraction of sp³-hybridized carbons (Fsp3) is 0.667. The number of nitrogens with one attached hydrogen (secondary N) is 3. The summed E-state index contributed by atoms with van der Waals surface area (Å²) in [4.78, 5) is 76.0. The highest BCUT2D eigenvalue weighted by Gasteiger charge is 2.30. The molecule has 0 saturated carbocycles. The second-order valence-corrected chi connectivity index (χ2v) is 9.35. The number of hydrogen-bond donors (Lipinski definition) is 9. The summed E-state index contributed by atoms with van der Waals surface area (Å²) >= 11 is 1.39. The maximum Gasteiger partial charge on any atom is 0.326 e. The predicted octanol–water partition coefficient (Wildman–Crippen LogP) is -3.81. The first-order valence-corrected chi connectivity index (χ1v) is 13.2. The van der Waals surface area contributed by atoms with Gasteiger partial charge < -0.3 is 49.7 Å². The number of carboxylic acid groups (broad SMARTS) is 1. The quantitative estimate of drug-likeness (QED) is 0.0394. The van der Waals surface area contributed by atoms with Gasteiger partial charge in [0.25, 0.3) is 0 Å². The van der Waals surface area contributed by atoms with Gasteiger partial charge in [-0.15, -0.1) is 0 Å². The van der Waals surface area contributed by atoms with Crippen LogP contribution in [-0.2, 0) is 28.8 Å². The monoisotopic (exact) mass is 561 g/mol. The summed E-state index contributed by atoms with van der Waals surface area (Å²) in [6.45, 7) is 0.164. The summed E-state index contributed by atoms with van der Waals surface area (Å²) in [6, 6.07) is -4.85. The first kappa shape index (κ1) is 34.4. The SMILES string of the molecule is CSCCC(NC(=O)C(CCC(N)=O)NC(=O)C(N)CCC(N)=O)C(=O)NC(CCCN=C(N)N)C(=O)O. The molecule has 0 rings (SSSR count). The van der Waals surface area contributed by atoms with Gasteiger partial charge in [0.05, 0.1) is 6.04 Å². The lowest BCUT2D eigenvalue weighted by Crippen LogP contribution is -2.57. The van der Waals surface area contributed by atoms with Gasteiger partial charge in [0.15, 0.2) is 5.96 Å². The van der Waals surface area contributed by atoms with Gasteiger partial charge in [-0.05, 0) is 44.1 Å². The molecule has 16 nitrogen and oxygen atoms in total. The van der Waals surface area contributed by atoms with Crippen LogP contribution in [0.15, 0.2) is 4.99 Å². The van der Waals surface area contributed by atoms with E-state index in [4.69, 9.17) is 28.7 Å². The number of carbonyl (C=O) groups is 6. The average molecular weight is 562 g/mol. The Bertz CT molecular complexity index is 868. The number of aliphatic imine (C=N–C) groups is 1. The van der Waals surface area contributed by atoms with Crippen LogP contribution in [0.2, 0.25) is 0 Å². The number of guanidine groups is 1. The summed E-state index contributed by atoms with van der Waals surface area (Å²) in [5, 5.41) is 16.8. The minimum atomic E-state index is -1.28. The molecule has 0 spiro atoms. The minimum Gasteiger partial charge on any atom is -0.480 e. The number of rotatable bonds is 20. The van der Waals surface area contributed by atoms with Crippen molar-refractivity contribution in [2.45, 2.75) is 69.1 Å². The molecule has 0 radical (unpaired) electrons. The molecule has 216 valence electrons. The fourth-order valence-corrected chi connectivity index (χ4v) is 3.54. The van der Waals surface area contributed by atoms with Crippen LogP contribution in [0.25, 0.3) is 0 Å². The number of carbonyl (C=O) groups excluding carboxylic acids is 5. The molecule has 0 aliphatic carbocycles. The lowest BCUT2D eigenvalue weighted by Gasteiger charge is -2.25. The summed E-state index contributed by atoms with van der Waals surface area (Å²) < 4.78 is 0. The molecule has 0 aromatic rings. The molecule has 14 N–H and O–H groups in total. The van der Waals surface area contributed by atoms with Crippen LogP contribution in [-0.4, -0.2) is 89.3 Å². The maximum absolute atomic E-state index is 13.0. The van der Waals surface area contributed by atoms with E-state index in [1.807, 2.05) is 0 Å². The summed E-state index contributed by atoms with van der Waals surface area (Å²) in [6.07, 6.45) is 1.57. The van der Waals surface area contributed by atoms with Gasteiger partial charge in [0.2, 0.25) is 29.5 Å². The van der Waals surface area contributed by atoms with E-state index in [0.29, 0.717) is 5.75 Å². The third-order valence-corrected chi connectivity index (χ3v) is 5.80. The van der Waals surface area contributed by atoms with Crippen molar-refractivity contribution in [2.75, 3.05) is 18.6 Å². The number of hydrogen-bond acceptors (Lipinski definition) is 9. The number of primary amides is 2. The summed E-state index contributed by atoms with van der Waals surface area (Å²) in [7, 11) is 0. The second-order valence-electron chi connectivity index (χ2n) is 8.37. The van der Waals surface area contributed by atoms with Gasteiger partial charge in [0.1, 0.15) is 18.1 Å². The number of thioether (sulfide) groups is 1. The highest BCUT2D eigenvalue weighted by molar-refractivity contribution is 7.98. The number of nitrogens with two attached hydrogens (primary N) is 5. The van der Waals surface area contributed by atoms with Crippen LogP contribution in [0, 0.1) is 0 Å². The molecule has 0 bridgehead atoms. The second kappa shape index (κ2) is 18.6. The van der Waals surface area contributed by atoms with Gasteiger partial charge in [-0.2, -0.15) is 11.8 Å². The number of aliphatic carboxylic acids is 1. The Labute approximate surface area is 224 Å². The van der Waals surface area contributed by atoms with Crippen molar-refractivity contribution in [3.63, 3.8) is 0 Å². The van der Waals surface area contributed by atoms with E-state index in [1.54, 1.807) is 6.26 Å². The molecule has 4 atom stereocenters. The molecule has 17 heteroatoms. The van der Waals surface area contributed by atoms with E-state index >= 15 is 0 Å². The van der Waals surface area contributed by atoms with Crippen molar-refractivity contribution in [3.05, 3.63) is 0 Å². The number of amides is 5. The Morgan fingerprint density at radius 3 is 1.76 bits per heavy atom. The van der Waals surface area contributed by atoms with Crippen LogP contribution < -0.4 is 44.6 Å². The highest BCUT2D eigenvalue weighted by atomic mass is 32.2. The molecule has 38 heavy (non-hydrogen) atoms. The first-order chi connectivity index (χ1) is 17.8. The molecule has 4 unspecified atom stereocenters. The van der Waals surface area contributed by atoms with Gasteiger partial charge in [-0.3, -0.25) is 29.0 Å². The standard InChI is InChI=1S/C21H39N9O7S/c1-38-10-8-13(19(35)30-14(20(36)37)3-2-9-27-21(25)26)29-18(34)12(5-7-16(24)32)28-17(33)11(22)4-6-15(23)31/h11-14H,2-10,22H2,1H3,(H2,23,31)(H2,24,32)(H,28,33)(H,29,34)(H,30,35)(H,36,37)(H4,25,26,27). The van der Waals surface area contributed by atoms with Gasteiger partial charge >= 0.3 is 5.97 Å². The Hall–Kier alpha value is -3.60. The molecule has 0 aromatic carbocycles. The van der Waals surface area contributed by atoms with Gasteiger partial charge in [0, 0.05) is 19.4 Å². The third-order valence-electron chi connectivity index (χ3n) is 5.15. The largest absolute Gasteiger partial charge is 0.480 e. The normalized spacial score (nSPS) is 13.7. The Kier molecular flexibility index (Phi) is 16.9. The predicted molar refractivity (Wildman–Crippen MR) is 141 cm³/mol. The van der Waals surface area contributed by atoms with E-state index in [9.17, 15) is 33.9 Å². The average Bonchev–Trinajstić information content (AvgIpc) is 2.83. The van der Waals surface area contributed by atoms with Crippen molar-refractivity contribution < 1.29 is 33.9 Å². The van der Waals surface area contributed by atoms with Crippen LogP contribution in [0.1, 0.15) is 44.9 Å². The fourth-order valence-electron chi connectivity index (χ4n) is 3.07. The Morgan fingerprint density at radius 2 is 1.26 bits per heavy atom. The van der Waals surface area contributed by atoms with Crippen molar-refractivity contribution in [2.24, 2.45) is 33.7 Å². The lowest BCUT2D eigenvalue weighted by atomic mass is 10.1. The van der Waals surface area contributed by atoms with E-state index in [0.717, 1.165) is 0 Å². The zero-order valence-electron chi connectivity index (χ0n) is 21.3. The molecule has 5 amide bonds. The van der Waals surface area contributed by atoms with Crippen molar-refractivity contribution in [1.29, 1.82) is 0 Å². The summed E-state index contributed by atoms with van der Waals surface area (Å²) in [5.74, 6) is -4.69. The zero-order valence-corrected chi connectivity index (χ0v) is 22.1. The van der Waals surface area contributed by atoms with Crippen LogP contribution in [0.5, 0.6) is 0 Å². The molecular weight excluding hydrogens is 522 g/mol. The van der Waals surface area contributed by atoms with Gasteiger partial charge in [-0.25, -0.2) is 4.79 Å². The van der Waals surface area contributed by atoms with Crippen molar-refractivity contribution >= 4 is 53.2 Å². The molecular formula is C21H39N9O7S. The van der Waals surface area contributed by atoms with E-state index < -0.39 is 59.7 Å². The van der Waals surface area contributed by atoms with E-state index in [2.05, 4.69) is 20.9 Å². The van der Waals surface area contributed by atoms with Crippen molar-refractivity contribution in [1.82, 2.24) is 16.0 Å². The van der Waals surface area contributed by atoms with Crippen molar-refractivity contribution in [3.8, 4) is 0 Å². The van der Waals surface area contributed by atoms with Crippen LogP contribution in [0.3, 0.4) is 0 Å². The minimum absolute atomic E-state index is 0.0293. The molecule has 0 aliphatic rings.